The van der Waals surface area contributed by atoms with Gasteiger partial charge in [0, 0.05) is 24.9 Å². The molecule has 2 N–H and O–H groups in total. The minimum atomic E-state index is -0.277. The number of amides is 1. The molecule has 2 heterocycles. The predicted molar refractivity (Wildman–Crippen MR) is 111 cm³/mol. The summed E-state index contributed by atoms with van der Waals surface area (Å²) >= 11 is 0. The first-order valence-corrected chi connectivity index (χ1v) is 10.5. The maximum Gasteiger partial charge on any atom is 0.224 e. The van der Waals surface area contributed by atoms with Gasteiger partial charge in [0.25, 0.3) is 0 Å². The third-order valence-electron chi connectivity index (χ3n) is 6.59. The molecule has 2 fully saturated rings. The van der Waals surface area contributed by atoms with Crippen LogP contribution in [-0.2, 0) is 10.2 Å². The fourth-order valence-corrected chi connectivity index (χ4v) is 5.42. The van der Waals surface area contributed by atoms with Gasteiger partial charge in [-0.2, -0.15) is 0 Å². The minimum Gasteiger partial charge on any atom is -0.394 e. The van der Waals surface area contributed by atoms with E-state index >= 15 is 0 Å². The summed E-state index contributed by atoms with van der Waals surface area (Å²) < 4.78 is 0. The molecule has 3 atom stereocenters. The molecule has 2 aromatic rings. The number of hydrogen-bond acceptors (Lipinski definition) is 3. The first-order valence-electron chi connectivity index (χ1n) is 10.5. The van der Waals surface area contributed by atoms with Gasteiger partial charge in [0.15, 0.2) is 0 Å². The lowest BCUT2D eigenvalue weighted by Gasteiger charge is -2.51. The maximum absolute atomic E-state index is 13.0. The summed E-state index contributed by atoms with van der Waals surface area (Å²) in [6, 6.07) is 18.3. The standard InChI is InChI=1S/C22H24N2O2.C2H6/c25-12-19(15-6-2-1-3-7-15)24-20(26)10-16-11-22(13-23-14-22)18-9-5-4-8-17(18)21(16)24;1-2/h1-9,16,19,21,23,25H,10-14H2;1-2H3/t16-,19+,21-;/m0./s1. The molecule has 0 bridgehead atoms. The average Bonchev–Trinajstić information content (AvgIpc) is 3.05. The third kappa shape index (κ3) is 2.87. The Morgan fingerprint density at radius 1 is 1.11 bits per heavy atom. The molecule has 148 valence electrons. The molecule has 0 radical (unpaired) electrons. The minimum absolute atomic E-state index is 0.0478. The lowest BCUT2D eigenvalue weighted by Crippen LogP contribution is -2.60. The van der Waals surface area contributed by atoms with Crippen molar-refractivity contribution in [1.82, 2.24) is 10.2 Å². The van der Waals surface area contributed by atoms with Crippen LogP contribution < -0.4 is 5.32 Å². The number of nitrogens with one attached hydrogen (secondary N) is 1. The van der Waals surface area contributed by atoms with E-state index in [1.165, 1.54) is 11.1 Å². The smallest absolute Gasteiger partial charge is 0.224 e. The van der Waals surface area contributed by atoms with Crippen LogP contribution >= 0.6 is 0 Å². The van der Waals surface area contributed by atoms with Crippen molar-refractivity contribution in [3.05, 3.63) is 71.3 Å². The van der Waals surface area contributed by atoms with E-state index in [4.69, 9.17) is 0 Å². The van der Waals surface area contributed by atoms with Gasteiger partial charge in [-0.3, -0.25) is 4.79 Å². The zero-order valence-corrected chi connectivity index (χ0v) is 16.8. The van der Waals surface area contributed by atoms with E-state index in [1.54, 1.807) is 0 Å². The lowest BCUT2D eigenvalue weighted by molar-refractivity contribution is -0.132. The zero-order valence-electron chi connectivity index (χ0n) is 16.8. The number of carbonyl (C=O) groups excluding carboxylic acids is 1. The number of aliphatic hydroxyl groups excluding tert-OH is 1. The molecule has 0 aromatic heterocycles. The summed E-state index contributed by atoms with van der Waals surface area (Å²) in [6.07, 6.45) is 1.64. The van der Waals surface area contributed by atoms with E-state index in [0.717, 1.165) is 25.1 Å². The maximum atomic E-state index is 13.0. The number of rotatable bonds is 3. The van der Waals surface area contributed by atoms with E-state index in [1.807, 2.05) is 49.1 Å². The van der Waals surface area contributed by atoms with E-state index in [-0.39, 0.29) is 30.0 Å². The number of aliphatic hydroxyl groups is 1. The van der Waals surface area contributed by atoms with Crippen LogP contribution in [0.15, 0.2) is 54.6 Å². The average molecular weight is 379 g/mol. The molecule has 0 unspecified atom stereocenters. The van der Waals surface area contributed by atoms with Crippen LogP contribution in [0.3, 0.4) is 0 Å². The topological polar surface area (TPSA) is 52.6 Å². The highest BCUT2D eigenvalue weighted by atomic mass is 16.3. The number of hydrogen-bond donors (Lipinski definition) is 2. The Balaban J connectivity index is 0.000000932. The summed E-state index contributed by atoms with van der Waals surface area (Å²) in [5.41, 5.74) is 3.87. The SMILES string of the molecule is CC.O=C1C[C@H]2CC3(CNC3)c3ccccc3[C@H]2N1[C@H](CO)c1ccccc1. The Morgan fingerprint density at radius 2 is 1.79 bits per heavy atom. The van der Waals surface area contributed by atoms with Crippen LogP contribution in [0.25, 0.3) is 0 Å². The number of nitrogens with zero attached hydrogens (tertiary/aromatic N) is 1. The number of benzene rings is 2. The largest absolute Gasteiger partial charge is 0.394 e. The lowest BCUT2D eigenvalue weighted by atomic mass is 9.61. The van der Waals surface area contributed by atoms with E-state index in [0.29, 0.717) is 12.3 Å². The van der Waals surface area contributed by atoms with Gasteiger partial charge in [-0.15, -0.1) is 0 Å². The van der Waals surface area contributed by atoms with Crippen molar-refractivity contribution in [3.8, 4) is 0 Å². The Kier molecular flexibility index (Phi) is 5.26. The molecular formula is C24H30N2O2. The first kappa shape index (κ1) is 19.2. The molecule has 2 aliphatic heterocycles. The van der Waals surface area contributed by atoms with E-state index in [9.17, 15) is 9.90 Å². The molecule has 1 amide bonds. The van der Waals surface area contributed by atoms with Crippen LogP contribution in [0.5, 0.6) is 0 Å². The monoisotopic (exact) mass is 378 g/mol. The Morgan fingerprint density at radius 3 is 2.43 bits per heavy atom. The molecule has 4 nitrogen and oxygen atoms in total. The molecule has 28 heavy (non-hydrogen) atoms. The summed E-state index contributed by atoms with van der Waals surface area (Å²) in [7, 11) is 0. The molecular weight excluding hydrogens is 348 g/mol. The van der Waals surface area contributed by atoms with Crippen molar-refractivity contribution in [2.75, 3.05) is 19.7 Å². The molecule has 5 rings (SSSR count). The van der Waals surface area contributed by atoms with Crippen LogP contribution in [0.1, 0.15) is 55.5 Å². The van der Waals surface area contributed by atoms with Crippen LogP contribution in [-0.4, -0.2) is 35.6 Å². The third-order valence-corrected chi connectivity index (χ3v) is 6.59. The number of carbonyl (C=O) groups is 1. The van der Waals surface area contributed by atoms with Gasteiger partial charge < -0.3 is 15.3 Å². The molecule has 3 aliphatic rings. The predicted octanol–water partition coefficient (Wildman–Crippen LogP) is 3.58. The Hall–Kier alpha value is -2.17. The van der Waals surface area contributed by atoms with Gasteiger partial charge in [-0.25, -0.2) is 0 Å². The fraction of sp³-hybridized carbons (Fsp3) is 0.458. The summed E-state index contributed by atoms with van der Waals surface area (Å²) in [6.45, 7) is 5.96. The highest BCUT2D eigenvalue weighted by Gasteiger charge is 2.54. The molecule has 1 spiro atoms. The molecule has 0 saturated carbocycles. The van der Waals surface area contributed by atoms with Crippen molar-refractivity contribution in [2.24, 2.45) is 5.92 Å². The van der Waals surface area contributed by atoms with Crippen molar-refractivity contribution in [3.63, 3.8) is 0 Å². The summed E-state index contributed by atoms with van der Waals surface area (Å²) in [4.78, 5) is 15.0. The van der Waals surface area contributed by atoms with Crippen LogP contribution in [0.2, 0.25) is 0 Å². The first-order chi connectivity index (χ1) is 13.7. The quantitative estimate of drug-likeness (QED) is 0.858. The highest BCUT2D eigenvalue weighted by molar-refractivity contribution is 5.81. The Labute approximate surface area is 167 Å². The normalized spacial score (nSPS) is 25.2. The molecule has 2 aromatic carbocycles. The summed E-state index contributed by atoms with van der Waals surface area (Å²) in [5.74, 6) is 0.499. The molecule has 4 heteroatoms. The van der Waals surface area contributed by atoms with E-state index in [2.05, 4.69) is 29.6 Å². The van der Waals surface area contributed by atoms with Gasteiger partial charge in [-0.05, 0) is 29.0 Å². The van der Waals surface area contributed by atoms with Gasteiger partial charge in [0.05, 0.1) is 18.7 Å². The van der Waals surface area contributed by atoms with Crippen LogP contribution in [0, 0.1) is 5.92 Å². The van der Waals surface area contributed by atoms with Gasteiger partial charge in [-0.1, -0.05) is 68.4 Å². The van der Waals surface area contributed by atoms with Gasteiger partial charge in [0.2, 0.25) is 5.91 Å². The highest BCUT2D eigenvalue weighted by Crippen LogP contribution is 2.55. The fourth-order valence-electron chi connectivity index (χ4n) is 5.42. The zero-order chi connectivity index (χ0) is 19.7. The van der Waals surface area contributed by atoms with Crippen molar-refractivity contribution in [1.29, 1.82) is 0 Å². The van der Waals surface area contributed by atoms with Crippen LogP contribution in [0.4, 0.5) is 0 Å². The van der Waals surface area contributed by atoms with Crippen molar-refractivity contribution < 1.29 is 9.90 Å². The van der Waals surface area contributed by atoms with Crippen molar-refractivity contribution in [2.45, 2.75) is 44.2 Å². The van der Waals surface area contributed by atoms with E-state index < -0.39 is 0 Å². The second-order valence-electron chi connectivity index (χ2n) is 7.99. The van der Waals surface area contributed by atoms with Gasteiger partial charge >= 0.3 is 0 Å². The van der Waals surface area contributed by atoms with Crippen molar-refractivity contribution >= 4 is 5.91 Å². The molecule has 2 saturated heterocycles. The Bertz CT molecular complexity index is 832. The second-order valence-corrected chi connectivity index (χ2v) is 7.99. The number of likely N-dealkylation sites (tertiary alicyclic amines) is 1. The summed E-state index contributed by atoms with van der Waals surface area (Å²) in [5, 5.41) is 13.6. The second kappa shape index (κ2) is 7.69. The molecule has 1 aliphatic carbocycles. The van der Waals surface area contributed by atoms with Gasteiger partial charge in [0.1, 0.15) is 0 Å². The number of fused-ring (bicyclic) bond motifs is 4.